The lowest BCUT2D eigenvalue weighted by atomic mass is 10.3. The van der Waals surface area contributed by atoms with Crippen molar-refractivity contribution in [3.05, 3.63) is 12.4 Å². The Hall–Kier alpha value is -1.85. The Morgan fingerprint density at radius 2 is 2.12 bits per heavy atom. The lowest BCUT2D eigenvalue weighted by Gasteiger charge is -2.35. The number of carbonyl (C=O) groups excluding carboxylic acids is 2. The van der Waals surface area contributed by atoms with Gasteiger partial charge < -0.3 is 20.4 Å². The summed E-state index contributed by atoms with van der Waals surface area (Å²) in [4.78, 5) is 31.6. The summed E-state index contributed by atoms with van der Waals surface area (Å²) in [5, 5.41) is 9.78. The van der Waals surface area contributed by atoms with Gasteiger partial charge in [-0.1, -0.05) is 0 Å². The molecular formula is C14H24IN7O2. The lowest BCUT2D eigenvalue weighted by molar-refractivity contribution is -0.120. The number of hydrogen-bond acceptors (Lipinski definition) is 4. The first kappa shape index (κ1) is 20.2. The number of halogens is 1. The number of guanidine groups is 1. The third kappa shape index (κ3) is 5.08. The Kier molecular flexibility index (Phi) is 7.95. The molecule has 0 radical (unpaired) electrons. The molecule has 2 heterocycles. The van der Waals surface area contributed by atoms with Gasteiger partial charge >= 0.3 is 0 Å². The summed E-state index contributed by atoms with van der Waals surface area (Å²) in [6.07, 6.45) is 3.49. The number of likely N-dealkylation sites (N-methyl/N-ethyl adjacent to an activating group) is 1. The molecule has 24 heavy (non-hydrogen) atoms. The number of carbonyl (C=O) groups is 2. The molecule has 134 valence electrons. The van der Waals surface area contributed by atoms with E-state index < -0.39 is 0 Å². The van der Waals surface area contributed by atoms with Crippen LogP contribution in [0.5, 0.6) is 0 Å². The Morgan fingerprint density at radius 1 is 1.38 bits per heavy atom. The SMILES string of the molecule is CCNC(=O)CNC(=NC)N1CCN(c2cnn(C)c2)C(=O)C1.I. The normalized spacial score (nSPS) is 15.1. The molecule has 0 saturated carbocycles. The topological polar surface area (TPSA) is 94.9 Å². The van der Waals surface area contributed by atoms with Crippen molar-refractivity contribution in [3.8, 4) is 0 Å². The Labute approximate surface area is 158 Å². The van der Waals surface area contributed by atoms with Crippen LogP contribution in [0.2, 0.25) is 0 Å². The smallest absolute Gasteiger partial charge is 0.246 e. The minimum atomic E-state index is -0.103. The van der Waals surface area contributed by atoms with Crippen molar-refractivity contribution in [2.75, 3.05) is 44.7 Å². The number of amides is 2. The van der Waals surface area contributed by atoms with Crippen molar-refractivity contribution in [1.82, 2.24) is 25.3 Å². The van der Waals surface area contributed by atoms with Crippen LogP contribution in [0.15, 0.2) is 17.4 Å². The van der Waals surface area contributed by atoms with Crippen LogP contribution in [-0.4, -0.2) is 72.2 Å². The summed E-state index contributed by atoms with van der Waals surface area (Å²) < 4.78 is 1.67. The molecule has 0 aliphatic carbocycles. The van der Waals surface area contributed by atoms with Crippen molar-refractivity contribution in [2.24, 2.45) is 12.0 Å². The van der Waals surface area contributed by atoms with Crippen LogP contribution in [-0.2, 0) is 16.6 Å². The van der Waals surface area contributed by atoms with Crippen molar-refractivity contribution in [1.29, 1.82) is 0 Å². The van der Waals surface area contributed by atoms with Crippen LogP contribution in [0.1, 0.15) is 6.92 Å². The number of rotatable bonds is 4. The van der Waals surface area contributed by atoms with Gasteiger partial charge in [-0.3, -0.25) is 19.3 Å². The number of anilines is 1. The Bertz CT molecular complexity index is 602. The highest BCUT2D eigenvalue weighted by Crippen LogP contribution is 2.15. The maximum Gasteiger partial charge on any atom is 0.246 e. The minimum absolute atomic E-state index is 0. The second kappa shape index (κ2) is 9.45. The predicted octanol–water partition coefficient (Wildman–Crippen LogP) is -0.602. The van der Waals surface area contributed by atoms with Gasteiger partial charge in [0.25, 0.3) is 0 Å². The molecule has 1 aliphatic rings. The average Bonchev–Trinajstić information content (AvgIpc) is 2.94. The molecule has 9 nitrogen and oxygen atoms in total. The maximum atomic E-state index is 12.4. The van der Waals surface area contributed by atoms with E-state index in [4.69, 9.17) is 0 Å². The van der Waals surface area contributed by atoms with Gasteiger partial charge in [0.05, 0.1) is 18.4 Å². The minimum Gasteiger partial charge on any atom is -0.355 e. The number of aryl methyl sites for hydroxylation is 1. The fourth-order valence-electron chi connectivity index (χ4n) is 2.43. The zero-order valence-corrected chi connectivity index (χ0v) is 16.5. The van der Waals surface area contributed by atoms with Gasteiger partial charge in [0, 0.05) is 39.9 Å². The molecule has 2 amide bonds. The molecule has 0 atom stereocenters. The molecule has 0 bridgehead atoms. The van der Waals surface area contributed by atoms with E-state index in [1.807, 2.05) is 25.1 Å². The molecule has 1 fully saturated rings. The van der Waals surface area contributed by atoms with Gasteiger partial charge in [0.15, 0.2) is 5.96 Å². The average molecular weight is 449 g/mol. The van der Waals surface area contributed by atoms with Crippen LogP contribution in [0.4, 0.5) is 5.69 Å². The number of nitrogens with zero attached hydrogens (tertiary/aromatic N) is 5. The fourth-order valence-corrected chi connectivity index (χ4v) is 2.43. The highest BCUT2D eigenvalue weighted by atomic mass is 127. The predicted molar refractivity (Wildman–Crippen MR) is 103 cm³/mol. The summed E-state index contributed by atoms with van der Waals surface area (Å²) in [6.45, 7) is 3.98. The second-order valence-corrected chi connectivity index (χ2v) is 5.19. The van der Waals surface area contributed by atoms with Crippen LogP contribution >= 0.6 is 24.0 Å². The number of nitrogens with one attached hydrogen (secondary N) is 2. The highest BCUT2D eigenvalue weighted by Gasteiger charge is 2.27. The monoisotopic (exact) mass is 449 g/mol. The van der Waals surface area contributed by atoms with Crippen LogP contribution in [0.3, 0.4) is 0 Å². The molecule has 10 heteroatoms. The van der Waals surface area contributed by atoms with E-state index in [-0.39, 0.29) is 48.9 Å². The van der Waals surface area contributed by atoms with Crippen LogP contribution in [0.25, 0.3) is 0 Å². The number of hydrogen-bond donors (Lipinski definition) is 2. The third-order valence-corrected chi connectivity index (χ3v) is 3.52. The molecule has 1 aromatic heterocycles. The molecule has 0 spiro atoms. The van der Waals surface area contributed by atoms with Crippen LogP contribution < -0.4 is 15.5 Å². The van der Waals surface area contributed by atoms with Gasteiger partial charge in [-0.15, -0.1) is 24.0 Å². The fraction of sp³-hybridized carbons (Fsp3) is 0.571. The van der Waals surface area contributed by atoms with E-state index in [0.29, 0.717) is 25.6 Å². The molecule has 2 N–H and O–H groups in total. The maximum absolute atomic E-state index is 12.4. The summed E-state index contributed by atoms with van der Waals surface area (Å²) in [6, 6.07) is 0. The van der Waals surface area contributed by atoms with E-state index in [2.05, 4.69) is 20.7 Å². The van der Waals surface area contributed by atoms with E-state index in [1.54, 1.807) is 22.8 Å². The first-order chi connectivity index (χ1) is 11.0. The van der Waals surface area contributed by atoms with Gasteiger partial charge in [-0.05, 0) is 6.92 Å². The Balaban J connectivity index is 0.00000288. The molecule has 1 saturated heterocycles. The first-order valence-electron chi connectivity index (χ1n) is 7.56. The van der Waals surface area contributed by atoms with Gasteiger partial charge in [-0.2, -0.15) is 5.10 Å². The number of aliphatic imine (C=N–C) groups is 1. The van der Waals surface area contributed by atoms with E-state index in [1.165, 1.54) is 0 Å². The van der Waals surface area contributed by atoms with Gasteiger partial charge in [0.2, 0.25) is 11.8 Å². The molecule has 2 rings (SSSR count). The van der Waals surface area contributed by atoms with Gasteiger partial charge in [-0.25, -0.2) is 0 Å². The summed E-state index contributed by atoms with van der Waals surface area (Å²) in [7, 11) is 3.45. The standard InChI is InChI=1S/C14H23N7O2.HI/c1-4-16-12(22)8-17-14(15-2)20-5-6-21(13(23)10-20)11-7-18-19(3)9-11;/h7,9H,4-6,8,10H2,1-3H3,(H,15,17)(H,16,22);1H. The van der Waals surface area contributed by atoms with E-state index in [0.717, 1.165) is 5.69 Å². The summed E-state index contributed by atoms with van der Waals surface area (Å²) >= 11 is 0. The quantitative estimate of drug-likeness (QED) is 0.364. The lowest BCUT2D eigenvalue weighted by Crippen LogP contribution is -2.56. The zero-order valence-electron chi connectivity index (χ0n) is 14.2. The number of aromatic nitrogens is 2. The molecule has 0 unspecified atom stereocenters. The van der Waals surface area contributed by atoms with Crippen molar-refractivity contribution in [2.45, 2.75) is 6.92 Å². The second-order valence-electron chi connectivity index (χ2n) is 5.19. The zero-order chi connectivity index (χ0) is 16.8. The third-order valence-electron chi connectivity index (χ3n) is 3.52. The summed E-state index contributed by atoms with van der Waals surface area (Å²) in [5.74, 6) is 0.426. The molecule has 0 aromatic carbocycles. The van der Waals surface area contributed by atoms with E-state index >= 15 is 0 Å². The Morgan fingerprint density at radius 3 is 2.67 bits per heavy atom. The van der Waals surface area contributed by atoms with Crippen molar-refractivity contribution >= 4 is 47.4 Å². The van der Waals surface area contributed by atoms with Gasteiger partial charge in [0.1, 0.15) is 6.54 Å². The summed E-state index contributed by atoms with van der Waals surface area (Å²) in [5.41, 5.74) is 0.794. The molecular weight excluding hydrogens is 425 g/mol. The van der Waals surface area contributed by atoms with Crippen molar-refractivity contribution < 1.29 is 9.59 Å². The largest absolute Gasteiger partial charge is 0.355 e. The van der Waals surface area contributed by atoms with E-state index in [9.17, 15) is 9.59 Å². The van der Waals surface area contributed by atoms with Crippen LogP contribution in [0, 0.1) is 0 Å². The van der Waals surface area contributed by atoms with Crippen molar-refractivity contribution in [3.63, 3.8) is 0 Å². The first-order valence-corrected chi connectivity index (χ1v) is 7.56. The highest BCUT2D eigenvalue weighted by molar-refractivity contribution is 14.0. The number of piperazine rings is 1. The molecule has 1 aromatic rings. The molecule has 1 aliphatic heterocycles.